The Hall–Kier alpha value is -3.06. The lowest BCUT2D eigenvalue weighted by Crippen LogP contribution is -2.37. The van der Waals surface area contributed by atoms with Gasteiger partial charge < -0.3 is 19.0 Å². The van der Waals surface area contributed by atoms with Crippen LogP contribution in [0.25, 0.3) is 0 Å². The minimum atomic E-state index is -0.375. The van der Waals surface area contributed by atoms with Crippen molar-refractivity contribution in [2.75, 3.05) is 18.6 Å². The Balaban J connectivity index is 1.53. The summed E-state index contributed by atoms with van der Waals surface area (Å²) in [6.45, 7) is 1.27. The maximum atomic E-state index is 13.4. The number of likely N-dealkylation sites (tertiary alicyclic amines) is 1. The van der Waals surface area contributed by atoms with Gasteiger partial charge >= 0.3 is 0 Å². The van der Waals surface area contributed by atoms with Crippen molar-refractivity contribution >= 4 is 28.8 Å². The molecule has 1 aliphatic heterocycles. The van der Waals surface area contributed by atoms with Crippen LogP contribution in [0.5, 0.6) is 5.75 Å². The zero-order chi connectivity index (χ0) is 20.2. The third-order valence-corrected chi connectivity index (χ3v) is 5.90. The molecule has 4 rings (SSSR count). The lowest BCUT2D eigenvalue weighted by Gasteiger charge is -2.25. The van der Waals surface area contributed by atoms with E-state index in [2.05, 4.69) is 0 Å². The number of furan rings is 1. The molecule has 1 unspecified atom stereocenters. The molecule has 7 heteroatoms. The van der Waals surface area contributed by atoms with E-state index in [1.54, 1.807) is 40.6 Å². The number of thiophene rings is 1. The van der Waals surface area contributed by atoms with Gasteiger partial charge in [0.2, 0.25) is 11.8 Å². The predicted molar refractivity (Wildman–Crippen MR) is 111 cm³/mol. The van der Waals surface area contributed by atoms with E-state index in [0.717, 1.165) is 22.1 Å². The second-order valence-electron chi connectivity index (χ2n) is 6.96. The summed E-state index contributed by atoms with van der Waals surface area (Å²) in [4.78, 5) is 30.4. The quantitative estimate of drug-likeness (QED) is 0.592. The van der Waals surface area contributed by atoms with Crippen LogP contribution in [0.15, 0.2) is 64.6 Å². The Morgan fingerprint density at radius 2 is 2.07 bits per heavy atom. The third-order valence-electron chi connectivity index (χ3n) is 5.03. The molecule has 2 aromatic heterocycles. The minimum Gasteiger partial charge on any atom is -0.497 e. The molecule has 1 aromatic carbocycles. The molecule has 0 radical (unpaired) electrons. The lowest BCUT2D eigenvalue weighted by atomic mass is 10.1. The van der Waals surface area contributed by atoms with Gasteiger partial charge in [-0.25, -0.2) is 0 Å². The number of methoxy groups -OCH3 is 1. The van der Waals surface area contributed by atoms with Gasteiger partial charge in [0.25, 0.3) is 0 Å². The monoisotopic (exact) mass is 410 g/mol. The highest BCUT2D eigenvalue weighted by Crippen LogP contribution is 2.28. The normalized spacial score (nSPS) is 16.2. The summed E-state index contributed by atoms with van der Waals surface area (Å²) in [5.41, 5.74) is 0.793. The topological polar surface area (TPSA) is 63.0 Å². The van der Waals surface area contributed by atoms with Gasteiger partial charge in [-0.3, -0.25) is 9.59 Å². The third kappa shape index (κ3) is 4.35. The largest absolute Gasteiger partial charge is 0.497 e. The van der Waals surface area contributed by atoms with E-state index in [4.69, 9.17) is 9.15 Å². The Bertz CT molecular complexity index is 951. The zero-order valence-corrected chi connectivity index (χ0v) is 16.9. The Labute approximate surface area is 173 Å². The molecular formula is C22H22N2O4S. The van der Waals surface area contributed by atoms with E-state index < -0.39 is 0 Å². The summed E-state index contributed by atoms with van der Waals surface area (Å²) in [6, 6.07) is 15.1. The number of ether oxygens (including phenoxy) is 1. The van der Waals surface area contributed by atoms with Crippen LogP contribution in [0.1, 0.15) is 17.1 Å². The Morgan fingerprint density at radius 1 is 1.24 bits per heavy atom. The van der Waals surface area contributed by atoms with Gasteiger partial charge in [0.05, 0.1) is 32.4 Å². The number of rotatable bonds is 7. The molecule has 0 bridgehead atoms. The van der Waals surface area contributed by atoms with Gasteiger partial charge in [0.1, 0.15) is 11.5 Å². The molecule has 2 amide bonds. The number of anilines is 1. The van der Waals surface area contributed by atoms with E-state index in [-0.39, 0.29) is 24.2 Å². The Kier molecular flexibility index (Phi) is 5.67. The van der Waals surface area contributed by atoms with E-state index in [9.17, 15) is 9.59 Å². The van der Waals surface area contributed by atoms with Gasteiger partial charge in [-0.05, 0) is 47.8 Å². The maximum absolute atomic E-state index is 13.4. The fourth-order valence-electron chi connectivity index (χ4n) is 3.52. The molecule has 0 saturated carbocycles. The number of hydrogen-bond donors (Lipinski definition) is 0. The van der Waals surface area contributed by atoms with Crippen LogP contribution in [0, 0.1) is 5.92 Å². The average molecular weight is 410 g/mol. The molecule has 3 aromatic rings. The standard InChI is InChI=1S/C22H22N2O4S/c1-27-18-8-6-17(7-9-18)24(15-20-5-3-11-29-20)22(26)16-12-21(25)23(13-16)14-19-4-2-10-28-19/h2-11,16H,12-15H2,1H3. The molecule has 6 nitrogen and oxygen atoms in total. The molecular weight excluding hydrogens is 388 g/mol. The van der Waals surface area contributed by atoms with Crippen molar-refractivity contribution in [2.45, 2.75) is 19.5 Å². The second-order valence-corrected chi connectivity index (χ2v) is 7.99. The SMILES string of the molecule is COc1ccc(N(Cc2cccs2)C(=O)C2CC(=O)N(Cc3ccco3)C2)cc1. The van der Waals surface area contributed by atoms with Crippen molar-refractivity contribution in [1.29, 1.82) is 0 Å². The predicted octanol–water partition coefficient (Wildman–Crippen LogP) is 3.93. The molecule has 3 heterocycles. The minimum absolute atomic E-state index is 0.0226. The number of hydrogen-bond acceptors (Lipinski definition) is 5. The molecule has 1 fully saturated rings. The summed E-state index contributed by atoms with van der Waals surface area (Å²) in [5, 5.41) is 2.00. The van der Waals surface area contributed by atoms with Gasteiger partial charge in [0, 0.05) is 23.5 Å². The molecule has 1 atom stereocenters. The molecule has 0 aliphatic carbocycles. The summed E-state index contributed by atoms with van der Waals surface area (Å²) in [6.07, 6.45) is 1.81. The van der Waals surface area contributed by atoms with Crippen molar-refractivity contribution in [3.8, 4) is 5.75 Å². The fraction of sp³-hybridized carbons (Fsp3) is 0.273. The van der Waals surface area contributed by atoms with E-state index >= 15 is 0 Å². The highest BCUT2D eigenvalue weighted by atomic mass is 32.1. The second kappa shape index (κ2) is 8.53. The zero-order valence-electron chi connectivity index (χ0n) is 16.1. The van der Waals surface area contributed by atoms with Gasteiger partial charge in [0.15, 0.2) is 0 Å². The average Bonchev–Trinajstić information content (AvgIpc) is 3.50. The Morgan fingerprint density at radius 3 is 2.72 bits per heavy atom. The number of carbonyl (C=O) groups is 2. The van der Waals surface area contributed by atoms with Crippen molar-refractivity contribution in [1.82, 2.24) is 4.90 Å². The first kappa shape index (κ1) is 19.3. The highest BCUT2D eigenvalue weighted by molar-refractivity contribution is 7.09. The van der Waals surface area contributed by atoms with Crippen LogP contribution in [-0.2, 0) is 22.7 Å². The molecule has 0 N–H and O–H groups in total. The number of nitrogens with zero attached hydrogens (tertiary/aromatic N) is 2. The van der Waals surface area contributed by atoms with Gasteiger partial charge in [-0.15, -0.1) is 11.3 Å². The van der Waals surface area contributed by atoms with Crippen LogP contribution < -0.4 is 9.64 Å². The van der Waals surface area contributed by atoms with E-state index in [1.807, 2.05) is 47.8 Å². The molecule has 29 heavy (non-hydrogen) atoms. The van der Waals surface area contributed by atoms with Crippen molar-refractivity contribution in [3.63, 3.8) is 0 Å². The number of carbonyl (C=O) groups excluding carboxylic acids is 2. The van der Waals surface area contributed by atoms with Crippen molar-refractivity contribution < 1.29 is 18.7 Å². The number of benzene rings is 1. The molecule has 1 saturated heterocycles. The lowest BCUT2D eigenvalue weighted by molar-refractivity contribution is -0.129. The summed E-state index contributed by atoms with van der Waals surface area (Å²) >= 11 is 1.61. The summed E-state index contributed by atoms with van der Waals surface area (Å²) < 4.78 is 10.6. The van der Waals surface area contributed by atoms with Gasteiger partial charge in [-0.1, -0.05) is 6.07 Å². The summed E-state index contributed by atoms with van der Waals surface area (Å²) in [5.74, 6) is 1.01. The molecule has 0 spiro atoms. The van der Waals surface area contributed by atoms with Crippen molar-refractivity contribution in [2.24, 2.45) is 5.92 Å². The molecule has 150 valence electrons. The summed E-state index contributed by atoms with van der Waals surface area (Å²) in [7, 11) is 1.61. The van der Waals surface area contributed by atoms with Crippen LogP contribution >= 0.6 is 11.3 Å². The fourth-order valence-corrected chi connectivity index (χ4v) is 4.21. The first-order chi connectivity index (χ1) is 14.1. The first-order valence-electron chi connectivity index (χ1n) is 9.42. The van der Waals surface area contributed by atoms with E-state index in [1.165, 1.54) is 0 Å². The first-order valence-corrected chi connectivity index (χ1v) is 10.3. The molecule has 1 aliphatic rings. The van der Waals surface area contributed by atoms with Crippen LogP contribution in [-0.4, -0.2) is 30.4 Å². The maximum Gasteiger partial charge on any atom is 0.232 e. The van der Waals surface area contributed by atoms with Crippen LogP contribution in [0.4, 0.5) is 5.69 Å². The highest BCUT2D eigenvalue weighted by Gasteiger charge is 2.37. The van der Waals surface area contributed by atoms with E-state index in [0.29, 0.717) is 19.6 Å². The van der Waals surface area contributed by atoms with Crippen LogP contribution in [0.2, 0.25) is 0 Å². The smallest absolute Gasteiger partial charge is 0.232 e. The van der Waals surface area contributed by atoms with Crippen LogP contribution in [0.3, 0.4) is 0 Å². The van der Waals surface area contributed by atoms with Crippen molar-refractivity contribution in [3.05, 3.63) is 70.8 Å². The van der Waals surface area contributed by atoms with Gasteiger partial charge in [-0.2, -0.15) is 0 Å². The number of amides is 2.